The van der Waals surface area contributed by atoms with Crippen LogP contribution in [0.3, 0.4) is 0 Å². The molecule has 0 saturated carbocycles. The van der Waals surface area contributed by atoms with Crippen molar-refractivity contribution in [2.45, 2.75) is 19.5 Å². The van der Waals surface area contributed by atoms with Gasteiger partial charge in [0, 0.05) is 63.2 Å². The predicted octanol–water partition coefficient (Wildman–Crippen LogP) is 1.52. The summed E-state index contributed by atoms with van der Waals surface area (Å²) in [6.07, 6.45) is 2.07. The third-order valence-corrected chi connectivity index (χ3v) is 4.71. The van der Waals surface area contributed by atoms with Gasteiger partial charge in [-0.05, 0) is 28.9 Å². The zero-order valence-electron chi connectivity index (χ0n) is 14.5. The number of aliphatic imine (C=N–C) groups is 1. The van der Waals surface area contributed by atoms with E-state index in [1.165, 1.54) is 5.69 Å². The number of guanidine groups is 1. The molecule has 0 radical (unpaired) electrons. The Bertz CT molecular complexity index is 525. The van der Waals surface area contributed by atoms with Crippen LogP contribution in [0.4, 0.5) is 0 Å². The summed E-state index contributed by atoms with van der Waals surface area (Å²) >= 11 is 3.52. The molecule has 1 aliphatic rings. The summed E-state index contributed by atoms with van der Waals surface area (Å²) < 4.78 is 8.65. The van der Waals surface area contributed by atoms with E-state index in [4.69, 9.17) is 4.74 Å². The van der Waals surface area contributed by atoms with Gasteiger partial charge in [-0.1, -0.05) is 0 Å². The second kappa shape index (κ2) is 8.70. The molecule has 1 aromatic heterocycles. The van der Waals surface area contributed by atoms with E-state index in [2.05, 4.69) is 73.9 Å². The van der Waals surface area contributed by atoms with Gasteiger partial charge >= 0.3 is 0 Å². The topological polar surface area (TPSA) is 45.0 Å². The molecule has 7 heteroatoms. The maximum Gasteiger partial charge on any atom is 0.193 e. The molecule has 0 aromatic carbocycles. The Morgan fingerprint density at radius 1 is 1.48 bits per heavy atom. The van der Waals surface area contributed by atoms with Gasteiger partial charge in [-0.2, -0.15) is 0 Å². The fraction of sp³-hybridized carbons (Fsp3) is 0.688. The van der Waals surface area contributed by atoms with Gasteiger partial charge in [0.15, 0.2) is 5.96 Å². The van der Waals surface area contributed by atoms with Crippen molar-refractivity contribution in [1.82, 2.24) is 19.7 Å². The summed E-state index contributed by atoms with van der Waals surface area (Å²) in [4.78, 5) is 9.01. The molecule has 1 fully saturated rings. The van der Waals surface area contributed by atoms with Crippen LogP contribution in [0.5, 0.6) is 0 Å². The zero-order chi connectivity index (χ0) is 16.8. The van der Waals surface area contributed by atoms with Crippen LogP contribution in [0.15, 0.2) is 21.7 Å². The molecule has 2 heterocycles. The highest BCUT2D eigenvalue weighted by molar-refractivity contribution is 9.10. The van der Waals surface area contributed by atoms with Crippen molar-refractivity contribution < 1.29 is 4.74 Å². The standard InChI is InChI=1S/C16H28BrN5O/c1-13(22-5-7-23-8-6-22)10-19-16(18-2)21(4)12-15-9-14(17)11-20(15)3/h9,11,13H,5-8,10,12H2,1-4H3,(H,18,19). The van der Waals surface area contributed by atoms with Crippen LogP contribution in [0.2, 0.25) is 0 Å². The lowest BCUT2D eigenvalue weighted by Gasteiger charge is -2.33. The molecule has 23 heavy (non-hydrogen) atoms. The molecular formula is C16H28BrN5O. The van der Waals surface area contributed by atoms with Crippen molar-refractivity contribution in [3.63, 3.8) is 0 Å². The number of nitrogens with zero attached hydrogens (tertiary/aromatic N) is 4. The third kappa shape index (κ3) is 5.22. The van der Waals surface area contributed by atoms with Gasteiger partial charge in [0.05, 0.1) is 19.8 Å². The summed E-state index contributed by atoms with van der Waals surface area (Å²) in [7, 11) is 5.96. The van der Waals surface area contributed by atoms with Gasteiger partial charge in [-0.25, -0.2) is 0 Å². The van der Waals surface area contributed by atoms with Crippen LogP contribution in [-0.4, -0.2) is 73.3 Å². The maximum atomic E-state index is 5.41. The van der Waals surface area contributed by atoms with Crippen LogP contribution in [0.1, 0.15) is 12.6 Å². The van der Waals surface area contributed by atoms with E-state index in [1.54, 1.807) is 0 Å². The highest BCUT2D eigenvalue weighted by Crippen LogP contribution is 2.15. The first-order valence-electron chi connectivity index (χ1n) is 8.05. The number of ether oxygens (including phenoxy) is 1. The zero-order valence-corrected chi connectivity index (χ0v) is 16.1. The lowest BCUT2D eigenvalue weighted by Crippen LogP contribution is -2.49. The van der Waals surface area contributed by atoms with Crippen molar-refractivity contribution in [3.05, 3.63) is 22.4 Å². The van der Waals surface area contributed by atoms with E-state index in [9.17, 15) is 0 Å². The number of morpholine rings is 1. The first kappa shape index (κ1) is 18.3. The molecule has 130 valence electrons. The van der Waals surface area contributed by atoms with Crippen LogP contribution >= 0.6 is 15.9 Å². The lowest BCUT2D eigenvalue weighted by atomic mass is 10.2. The Labute approximate surface area is 147 Å². The van der Waals surface area contributed by atoms with Crippen LogP contribution < -0.4 is 5.32 Å². The number of rotatable bonds is 5. The SMILES string of the molecule is CN=C(NCC(C)N1CCOCC1)N(C)Cc1cc(Br)cn1C. The molecule has 0 bridgehead atoms. The fourth-order valence-electron chi connectivity index (χ4n) is 2.81. The molecule has 2 rings (SSSR count). The van der Waals surface area contributed by atoms with Crippen molar-refractivity contribution in [2.75, 3.05) is 46.9 Å². The molecule has 0 spiro atoms. The van der Waals surface area contributed by atoms with Gasteiger partial charge in [0.1, 0.15) is 0 Å². The van der Waals surface area contributed by atoms with E-state index in [1.807, 2.05) is 7.05 Å². The van der Waals surface area contributed by atoms with Crippen LogP contribution in [0, 0.1) is 0 Å². The van der Waals surface area contributed by atoms with E-state index in [0.717, 1.165) is 49.8 Å². The van der Waals surface area contributed by atoms with Gasteiger partial charge in [-0.15, -0.1) is 0 Å². The van der Waals surface area contributed by atoms with E-state index in [0.29, 0.717) is 6.04 Å². The Balaban J connectivity index is 1.85. The molecule has 1 saturated heterocycles. The van der Waals surface area contributed by atoms with Gasteiger partial charge in [0.2, 0.25) is 0 Å². The molecule has 0 aliphatic carbocycles. The molecule has 0 amide bonds. The quantitative estimate of drug-likeness (QED) is 0.616. The highest BCUT2D eigenvalue weighted by atomic mass is 79.9. The van der Waals surface area contributed by atoms with E-state index in [-0.39, 0.29) is 0 Å². The number of hydrogen-bond donors (Lipinski definition) is 1. The average molecular weight is 386 g/mol. The van der Waals surface area contributed by atoms with Gasteiger partial charge in [0.25, 0.3) is 0 Å². The molecule has 1 aliphatic heterocycles. The van der Waals surface area contributed by atoms with Gasteiger partial charge in [-0.3, -0.25) is 9.89 Å². The first-order chi connectivity index (χ1) is 11.0. The summed E-state index contributed by atoms with van der Waals surface area (Å²) in [5, 5.41) is 3.49. The minimum Gasteiger partial charge on any atom is -0.379 e. The summed E-state index contributed by atoms with van der Waals surface area (Å²) in [5.41, 5.74) is 1.24. The molecule has 1 atom stereocenters. The number of nitrogens with one attached hydrogen (secondary N) is 1. The third-order valence-electron chi connectivity index (χ3n) is 4.27. The summed E-state index contributed by atoms with van der Waals surface area (Å²) in [6.45, 7) is 7.63. The average Bonchev–Trinajstić information content (AvgIpc) is 2.86. The Kier molecular flexibility index (Phi) is 6.92. The number of aromatic nitrogens is 1. The molecule has 1 unspecified atom stereocenters. The highest BCUT2D eigenvalue weighted by Gasteiger charge is 2.18. The lowest BCUT2D eigenvalue weighted by molar-refractivity contribution is 0.0211. The van der Waals surface area contributed by atoms with Crippen LogP contribution in [-0.2, 0) is 18.3 Å². The van der Waals surface area contributed by atoms with E-state index >= 15 is 0 Å². The molecular weight excluding hydrogens is 358 g/mol. The number of aryl methyl sites for hydroxylation is 1. The minimum absolute atomic E-state index is 0.466. The van der Waals surface area contributed by atoms with Crippen molar-refractivity contribution in [3.8, 4) is 0 Å². The Hall–Kier alpha value is -1.05. The monoisotopic (exact) mass is 385 g/mol. The Morgan fingerprint density at radius 3 is 2.74 bits per heavy atom. The second-order valence-corrected chi connectivity index (χ2v) is 6.96. The molecule has 6 nitrogen and oxygen atoms in total. The molecule has 1 N–H and O–H groups in total. The first-order valence-corrected chi connectivity index (χ1v) is 8.85. The number of halogens is 1. The largest absolute Gasteiger partial charge is 0.379 e. The van der Waals surface area contributed by atoms with E-state index < -0.39 is 0 Å². The summed E-state index contributed by atoms with van der Waals surface area (Å²) in [6, 6.07) is 2.60. The second-order valence-electron chi connectivity index (χ2n) is 6.04. The predicted molar refractivity (Wildman–Crippen MR) is 97.8 cm³/mol. The number of hydrogen-bond acceptors (Lipinski definition) is 3. The van der Waals surface area contributed by atoms with Crippen molar-refractivity contribution >= 4 is 21.9 Å². The minimum atomic E-state index is 0.466. The van der Waals surface area contributed by atoms with Crippen LogP contribution in [0.25, 0.3) is 0 Å². The molecule has 1 aromatic rings. The summed E-state index contributed by atoms with van der Waals surface area (Å²) in [5.74, 6) is 0.919. The Morgan fingerprint density at radius 2 is 2.17 bits per heavy atom. The fourth-order valence-corrected chi connectivity index (χ4v) is 3.38. The van der Waals surface area contributed by atoms with Crippen molar-refractivity contribution in [2.24, 2.45) is 12.0 Å². The van der Waals surface area contributed by atoms with Crippen molar-refractivity contribution in [1.29, 1.82) is 0 Å². The maximum absolute atomic E-state index is 5.41. The van der Waals surface area contributed by atoms with Gasteiger partial charge < -0.3 is 19.5 Å². The smallest absolute Gasteiger partial charge is 0.193 e. The normalized spacial score (nSPS) is 18.0.